The quantitative estimate of drug-likeness (QED) is 0.394. The molecule has 0 spiro atoms. The van der Waals surface area contributed by atoms with Crippen molar-refractivity contribution in [1.82, 2.24) is 5.32 Å². The van der Waals surface area contributed by atoms with Crippen molar-refractivity contribution in [3.63, 3.8) is 0 Å². The zero-order valence-electron chi connectivity index (χ0n) is 11.4. The molecule has 1 saturated carbocycles. The normalized spacial score (nSPS) is 25.2. The minimum absolute atomic E-state index is 0.751. The van der Waals surface area contributed by atoms with Gasteiger partial charge in [-0.2, -0.15) is 0 Å². The number of ether oxygens (including phenoxy) is 1. The number of nitrogens with one attached hydrogen (secondary N) is 1. The van der Waals surface area contributed by atoms with Gasteiger partial charge < -0.3 is 10.1 Å². The van der Waals surface area contributed by atoms with E-state index in [1.807, 2.05) is 0 Å². The Bertz CT molecular complexity index is 193. The Hall–Kier alpha value is -0.500. The predicted molar refractivity (Wildman–Crippen MR) is 74.0 cm³/mol. The number of rotatable bonds is 8. The van der Waals surface area contributed by atoms with E-state index in [4.69, 9.17) is 4.74 Å². The van der Waals surface area contributed by atoms with Crippen LogP contribution < -0.4 is 5.32 Å². The molecule has 1 fully saturated rings. The lowest BCUT2D eigenvalue weighted by molar-refractivity contribution is 0.242. The average molecular weight is 239 g/mol. The van der Waals surface area contributed by atoms with Crippen molar-refractivity contribution in [2.75, 3.05) is 13.2 Å². The van der Waals surface area contributed by atoms with Crippen LogP contribution in [0.15, 0.2) is 12.8 Å². The summed E-state index contributed by atoms with van der Waals surface area (Å²) in [5.41, 5.74) is 0. The lowest BCUT2D eigenvalue weighted by Gasteiger charge is -2.16. The summed E-state index contributed by atoms with van der Waals surface area (Å²) in [7, 11) is 0. The third kappa shape index (κ3) is 6.72. The first-order valence-electron chi connectivity index (χ1n) is 7.32. The molecule has 0 aromatic rings. The molecule has 1 rings (SSSR count). The molecule has 1 aliphatic rings. The lowest BCUT2D eigenvalue weighted by Crippen LogP contribution is -2.29. The molecule has 17 heavy (non-hydrogen) atoms. The van der Waals surface area contributed by atoms with Crippen molar-refractivity contribution in [3.05, 3.63) is 12.8 Å². The second kappa shape index (κ2) is 9.52. The van der Waals surface area contributed by atoms with E-state index in [-0.39, 0.29) is 0 Å². The molecule has 0 heterocycles. The van der Waals surface area contributed by atoms with Crippen LogP contribution in [0.4, 0.5) is 0 Å². The van der Waals surface area contributed by atoms with E-state index in [2.05, 4.69) is 18.8 Å². The lowest BCUT2D eigenvalue weighted by atomic mass is 9.95. The van der Waals surface area contributed by atoms with Crippen LogP contribution in [0, 0.1) is 5.92 Å². The average Bonchev–Trinajstić information content (AvgIpc) is 2.55. The Morgan fingerprint density at radius 3 is 2.94 bits per heavy atom. The second-order valence-electron chi connectivity index (χ2n) is 5.21. The van der Waals surface area contributed by atoms with Gasteiger partial charge in [0, 0.05) is 6.04 Å². The van der Waals surface area contributed by atoms with Crippen LogP contribution in [0.2, 0.25) is 0 Å². The highest BCUT2D eigenvalue weighted by Gasteiger charge is 2.17. The summed E-state index contributed by atoms with van der Waals surface area (Å²) in [5, 5.41) is 3.67. The minimum Gasteiger partial charge on any atom is -0.502 e. The molecule has 0 saturated heterocycles. The molecular weight excluding hydrogens is 210 g/mol. The van der Waals surface area contributed by atoms with Gasteiger partial charge >= 0.3 is 0 Å². The molecule has 2 unspecified atom stereocenters. The summed E-state index contributed by atoms with van der Waals surface area (Å²) in [4.78, 5) is 0. The zero-order valence-corrected chi connectivity index (χ0v) is 11.4. The Morgan fingerprint density at radius 2 is 2.18 bits per heavy atom. The molecule has 2 heteroatoms. The van der Waals surface area contributed by atoms with Gasteiger partial charge in [-0.05, 0) is 38.1 Å². The number of hydrogen-bond acceptors (Lipinski definition) is 2. The summed E-state index contributed by atoms with van der Waals surface area (Å²) in [6.45, 7) is 7.72. The summed E-state index contributed by atoms with van der Waals surface area (Å²) in [6.07, 6.45) is 12.4. The predicted octanol–water partition coefficient (Wildman–Crippen LogP) is 3.88. The van der Waals surface area contributed by atoms with Crippen LogP contribution in [-0.2, 0) is 4.74 Å². The maximum atomic E-state index is 5.12. The van der Waals surface area contributed by atoms with Gasteiger partial charge in [0.1, 0.15) is 0 Å². The highest BCUT2D eigenvalue weighted by atomic mass is 16.5. The molecular formula is C15H29NO. The second-order valence-corrected chi connectivity index (χ2v) is 5.21. The van der Waals surface area contributed by atoms with E-state index < -0.39 is 0 Å². The minimum atomic E-state index is 0.751. The van der Waals surface area contributed by atoms with Crippen molar-refractivity contribution < 1.29 is 4.74 Å². The summed E-state index contributed by atoms with van der Waals surface area (Å²) < 4.78 is 5.12. The van der Waals surface area contributed by atoms with Gasteiger partial charge in [0.05, 0.1) is 12.9 Å². The molecule has 0 radical (unpaired) electrons. The molecule has 0 aliphatic heterocycles. The maximum absolute atomic E-state index is 5.12. The smallest absolute Gasteiger partial charge is 0.0885 e. The Morgan fingerprint density at radius 1 is 1.29 bits per heavy atom. The van der Waals surface area contributed by atoms with Gasteiger partial charge in [-0.15, -0.1) is 0 Å². The van der Waals surface area contributed by atoms with E-state index in [0.29, 0.717) is 0 Å². The summed E-state index contributed by atoms with van der Waals surface area (Å²) in [6, 6.07) is 0.751. The van der Waals surface area contributed by atoms with Crippen LogP contribution in [0.25, 0.3) is 0 Å². The highest BCUT2D eigenvalue weighted by molar-refractivity contribution is 4.74. The van der Waals surface area contributed by atoms with E-state index >= 15 is 0 Å². The fraction of sp³-hybridized carbons (Fsp3) is 0.867. The molecule has 1 aliphatic carbocycles. The van der Waals surface area contributed by atoms with Crippen molar-refractivity contribution in [3.8, 4) is 0 Å². The molecule has 0 amide bonds. The first-order chi connectivity index (χ1) is 8.36. The van der Waals surface area contributed by atoms with Crippen LogP contribution in [0.5, 0.6) is 0 Å². The van der Waals surface area contributed by atoms with Gasteiger partial charge in [-0.25, -0.2) is 0 Å². The molecule has 0 aromatic heterocycles. The molecule has 100 valence electrons. The first kappa shape index (κ1) is 14.6. The van der Waals surface area contributed by atoms with Crippen molar-refractivity contribution in [2.45, 2.75) is 64.3 Å². The largest absolute Gasteiger partial charge is 0.502 e. The standard InChI is InChI=1S/C15H29NO/c1-3-7-14-8-5-9-15(11-10-14)16-12-6-13-17-4-2/h4,14-16H,2-3,5-13H2,1H3. The van der Waals surface area contributed by atoms with Crippen LogP contribution >= 0.6 is 0 Å². The highest BCUT2D eigenvalue weighted by Crippen LogP contribution is 2.26. The van der Waals surface area contributed by atoms with Gasteiger partial charge in [0.25, 0.3) is 0 Å². The summed E-state index contributed by atoms with van der Waals surface area (Å²) >= 11 is 0. The first-order valence-corrected chi connectivity index (χ1v) is 7.32. The SMILES string of the molecule is C=COCCCNC1CCCC(CCC)CC1. The van der Waals surface area contributed by atoms with Crippen LogP contribution in [-0.4, -0.2) is 19.2 Å². The molecule has 0 bridgehead atoms. The fourth-order valence-electron chi connectivity index (χ4n) is 2.82. The third-order valence-electron chi connectivity index (χ3n) is 3.78. The van der Waals surface area contributed by atoms with Crippen LogP contribution in [0.1, 0.15) is 58.3 Å². The van der Waals surface area contributed by atoms with Crippen molar-refractivity contribution >= 4 is 0 Å². The number of hydrogen-bond donors (Lipinski definition) is 1. The Labute approximate surface area is 107 Å². The molecule has 2 nitrogen and oxygen atoms in total. The molecule has 2 atom stereocenters. The van der Waals surface area contributed by atoms with Gasteiger partial charge in [0.2, 0.25) is 0 Å². The fourth-order valence-corrected chi connectivity index (χ4v) is 2.82. The molecule has 1 N–H and O–H groups in total. The summed E-state index contributed by atoms with van der Waals surface area (Å²) in [5.74, 6) is 0.996. The van der Waals surface area contributed by atoms with Crippen LogP contribution in [0.3, 0.4) is 0 Å². The Kier molecular flexibility index (Phi) is 8.16. The van der Waals surface area contributed by atoms with Crippen molar-refractivity contribution in [2.24, 2.45) is 5.92 Å². The maximum Gasteiger partial charge on any atom is 0.0885 e. The van der Waals surface area contributed by atoms with Gasteiger partial charge in [0.15, 0.2) is 0 Å². The van der Waals surface area contributed by atoms with E-state index in [9.17, 15) is 0 Å². The van der Waals surface area contributed by atoms with E-state index in [1.165, 1.54) is 51.2 Å². The topological polar surface area (TPSA) is 21.3 Å². The third-order valence-corrected chi connectivity index (χ3v) is 3.78. The van der Waals surface area contributed by atoms with Gasteiger partial charge in [-0.3, -0.25) is 0 Å². The van der Waals surface area contributed by atoms with E-state index in [0.717, 1.165) is 31.5 Å². The monoisotopic (exact) mass is 239 g/mol. The Balaban J connectivity index is 2.07. The molecule has 0 aromatic carbocycles. The van der Waals surface area contributed by atoms with Gasteiger partial charge in [-0.1, -0.05) is 39.2 Å². The van der Waals surface area contributed by atoms with E-state index in [1.54, 1.807) is 0 Å². The van der Waals surface area contributed by atoms with Crippen molar-refractivity contribution in [1.29, 1.82) is 0 Å². The zero-order chi connectivity index (χ0) is 12.3.